The van der Waals surface area contributed by atoms with Gasteiger partial charge in [-0.1, -0.05) is 0 Å². The third-order valence-electron chi connectivity index (χ3n) is 3.38. The summed E-state index contributed by atoms with van der Waals surface area (Å²) < 4.78 is 36.6. The normalized spacial score (nSPS) is 26.7. The molecule has 7 nitrogen and oxygen atoms in total. The van der Waals surface area contributed by atoms with E-state index in [9.17, 15) is 18.6 Å². The molecule has 1 aromatic rings. The van der Waals surface area contributed by atoms with Crippen LogP contribution in [0.3, 0.4) is 0 Å². The first-order valence-electron chi connectivity index (χ1n) is 6.24. The van der Waals surface area contributed by atoms with Gasteiger partial charge in [0.15, 0.2) is 11.5 Å². The number of ether oxygens (including phenoxy) is 2. The summed E-state index contributed by atoms with van der Waals surface area (Å²) in [7, 11) is -3.76. The molecule has 1 aromatic carbocycles. The van der Waals surface area contributed by atoms with Gasteiger partial charge in [0.25, 0.3) is 0 Å². The number of rotatable bonds is 2. The minimum absolute atomic E-state index is 0.0584. The number of fused-ring (bicyclic) bond motifs is 1. The lowest BCUT2D eigenvalue weighted by atomic mass is 10.3. The van der Waals surface area contributed by atoms with Gasteiger partial charge in [0.05, 0.1) is 17.1 Å². The molecule has 0 spiro atoms. The van der Waals surface area contributed by atoms with Crippen LogP contribution in [0.25, 0.3) is 0 Å². The average Bonchev–Trinajstić information content (AvgIpc) is 2.79. The molecule has 0 aliphatic carbocycles. The van der Waals surface area contributed by atoms with E-state index in [0.717, 1.165) is 4.31 Å². The Bertz CT molecular complexity index is 606. The minimum atomic E-state index is -3.76. The van der Waals surface area contributed by atoms with Crippen LogP contribution in [-0.4, -0.2) is 61.4 Å². The summed E-state index contributed by atoms with van der Waals surface area (Å²) in [5, 5.41) is 18.9. The summed E-state index contributed by atoms with van der Waals surface area (Å²) >= 11 is 0. The highest BCUT2D eigenvalue weighted by molar-refractivity contribution is 7.89. The van der Waals surface area contributed by atoms with Crippen LogP contribution < -0.4 is 9.47 Å². The van der Waals surface area contributed by atoms with Crippen molar-refractivity contribution in [2.45, 2.75) is 17.1 Å². The Morgan fingerprint density at radius 2 is 1.65 bits per heavy atom. The van der Waals surface area contributed by atoms with Crippen molar-refractivity contribution >= 4 is 10.0 Å². The fourth-order valence-electron chi connectivity index (χ4n) is 2.26. The first kappa shape index (κ1) is 13.6. The van der Waals surface area contributed by atoms with E-state index in [0.29, 0.717) is 24.7 Å². The molecule has 2 atom stereocenters. The number of aliphatic hydroxyl groups excluding tert-OH is 2. The van der Waals surface area contributed by atoms with Crippen molar-refractivity contribution in [3.63, 3.8) is 0 Å². The molecule has 20 heavy (non-hydrogen) atoms. The lowest BCUT2D eigenvalue weighted by Gasteiger charge is -2.20. The Morgan fingerprint density at radius 1 is 1.05 bits per heavy atom. The van der Waals surface area contributed by atoms with Gasteiger partial charge in [0.1, 0.15) is 13.2 Å². The van der Waals surface area contributed by atoms with E-state index in [-0.39, 0.29) is 18.0 Å². The van der Waals surface area contributed by atoms with Gasteiger partial charge in [-0.2, -0.15) is 4.31 Å². The van der Waals surface area contributed by atoms with Crippen LogP contribution in [-0.2, 0) is 10.0 Å². The Balaban J connectivity index is 1.92. The smallest absolute Gasteiger partial charge is 0.243 e. The van der Waals surface area contributed by atoms with Gasteiger partial charge in [0.2, 0.25) is 10.0 Å². The molecule has 0 amide bonds. The van der Waals surface area contributed by atoms with E-state index in [1.807, 2.05) is 0 Å². The number of β-amino-alcohol motifs (C(OH)–C–C–N with tert-alkyl or cyclic N) is 2. The number of nitrogens with zero attached hydrogens (tertiary/aromatic N) is 1. The van der Waals surface area contributed by atoms with Gasteiger partial charge in [-0.3, -0.25) is 0 Å². The molecule has 0 unspecified atom stereocenters. The molecule has 2 aliphatic heterocycles. The number of aliphatic hydroxyl groups is 2. The third-order valence-corrected chi connectivity index (χ3v) is 5.20. The first-order chi connectivity index (χ1) is 9.48. The van der Waals surface area contributed by atoms with Crippen molar-refractivity contribution in [3.05, 3.63) is 18.2 Å². The maximum atomic E-state index is 12.4. The van der Waals surface area contributed by atoms with E-state index in [1.54, 1.807) is 6.07 Å². The van der Waals surface area contributed by atoms with Crippen LogP contribution in [0.5, 0.6) is 11.5 Å². The highest BCUT2D eigenvalue weighted by Gasteiger charge is 2.37. The second-order valence-electron chi connectivity index (χ2n) is 4.76. The zero-order valence-electron chi connectivity index (χ0n) is 10.6. The first-order valence-corrected chi connectivity index (χ1v) is 7.68. The molecular formula is C12H15NO6S. The monoisotopic (exact) mass is 301 g/mol. The number of hydrogen-bond donors (Lipinski definition) is 2. The zero-order valence-corrected chi connectivity index (χ0v) is 11.4. The lowest BCUT2D eigenvalue weighted by molar-refractivity contribution is 0.0572. The third kappa shape index (κ3) is 2.24. The molecule has 1 saturated heterocycles. The molecular weight excluding hydrogens is 286 g/mol. The Kier molecular flexibility index (Phi) is 3.33. The fraction of sp³-hybridized carbons (Fsp3) is 0.500. The van der Waals surface area contributed by atoms with Crippen LogP contribution in [0.2, 0.25) is 0 Å². The van der Waals surface area contributed by atoms with Gasteiger partial charge < -0.3 is 19.7 Å². The maximum Gasteiger partial charge on any atom is 0.243 e. The van der Waals surface area contributed by atoms with Crippen LogP contribution in [0.1, 0.15) is 0 Å². The molecule has 0 aromatic heterocycles. The summed E-state index contributed by atoms with van der Waals surface area (Å²) in [5.41, 5.74) is 0. The van der Waals surface area contributed by atoms with Crippen molar-refractivity contribution in [2.75, 3.05) is 26.3 Å². The summed E-state index contributed by atoms with van der Waals surface area (Å²) in [6.07, 6.45) is -2.11. The van der Waals surface area contributed by atoms with E-state index in [2.05, 4.69) is 0 Å². The van der Waals surface area contributed by atoms with Crippen LogP contribution in [0.4, 0.5) is 0 Å². The van der Waals surface area contributed by atoms with Crippen LogP contribution in [0, 0.1) is 0 Å². The molecule has 2 heterocycles. The Hall–Kier alpha value is -1.35. The zero-order chi connectivity index (χ0) is 14.3. The summed E-state index contributed by atoms with van der Waals surface area (Å²) in [6, 6.07) is 4.38. The molecule has 0 radical (unpaired) electrons. The van der Waals surface area contributed by atoms with E-state index >= 15 is 0 Å². The van der Waals surface area contributed by atoms with Crippen molar-refractivity contribution < 1.29 is 28.1 Å². The predicted molar refractivity (Wildman–Crippen MR) is 68.2 cm³/mol. The number of sulfonamides is 1. The fourth-order valence-corrected chi connectivity index (χ4v) is 3.76. The largest absolute Gasteiger partial charge is 0.486 e. The number of benzene rings is 1. The van der Waals surface area contributed by atoms with Crippen LogP contribution in [0.15, 0.2) is 23.1 Å². The van der Waals surface area contributed by atoms with Gasteiger partial charge in [-0.25, -0.2) is 8.42 Å². The molecule has 3 rings (SSSR count). The van der Waals surface area contributed by atoms with Gasteiger partial charge in [0, 0.05) is 19.2 Å². The number of hydrogen-bond acceptors (Lipinski definition) is 6. The molecule has 0 bridgehead atoms. The summed E-state index contributed by atoms with van der Waals surface area (Å²) in [6.45, 7) is 0.580. The summed E-state index contributed by atoms with van der Waals surface area (Å²) in [5.74, 6) is 0.898. The van der Waals surface area contributed by atoms with Crippen molar-refractivity contribution in [3.8, 4) is 11.5 Å². The van der Waals surface area contributed by atoms with E-state index in [4.69, 9.17) is 9.47 Å². The highest BCUT2D eigenvalue weighted by atomic mass is 32.2. The van der Waals surface area contributed by atoms with Crippen molar-refractivity contribution in [1.82, 2.24) is 4.31 Å². The van der Waals surface area contributed by atoms with Crippen molar-refractivity contribution in [2.24, 2.45) is 0 Å². The lowest BCUT2D eigenvalue weighted by Crippen LogP contribution is -2.30. The molecule has 2 aliphatic rings. The van der Waals surface area contributed by atoms with Gasteiger partial charge >= 0.3 is 0 Å². The van der Waals surface area contributed by atoms with Crippen molar-refractivity contribution in [1.29, 1.82) is 0 Å². The molecule has 8 heteroatoms. The maximum absolute atomic E-state index is 12.4. The van der Waals surface area contributed by atoms with Gasteiger partial charge in [-0.05, 0) is 12.1 Å². The SMILES string of the molecule is O=S(=O)(c1ccc2c(c1)OCCO2)N1C[C@@H](O)[C@@H](O)C1. The quantitative estimate of drug-likeness (QED) is 0.741. The average molecular weight is 301 g/mol. The van der Waals surface area contributed by atoms with E-state index < -0.39 is 22.2 Å². The topological polar surface area (TPSA) is 96.3 Å². The second-order valence-corrected chi connectivity index (χ2v) is 6.70. The second kappa shape index (κ2) is 4.88. The minimum Gasteiger partial charge on any atom is -0.486 e. The standard InChI is InChI=1S/C12H15NO6S/c14-9-6-13(7-10(9)15)20(16,17)8-1-2-11-12(5-8)19-4-3-18-11/h1-2,5,9-10,14-15H,3-4,6-7H2/t9-,10+. The summed E-state index contributed by atoms with van der Waals surface area (Å²) in [4.78, 5) is 0.0584. The van der Waals surface area contributed by atoms with Gasteiger partial charge in [-0.15, -0.1) is 0 Å². The highest BCUT2D eigenvalue weighted by Crippen LogP contribution is 2.33. The predicted octanol–water partition coefficient (Wildman–Crippen LogP) is -0.816. The molecule has 1 fully saturated rings. The van der Waals surface area contributed by atoms with E-state index in [1.165, 1.54) is 12.1 Å². The Morgan fingerprint density at radius 3 is 2.30 bits per heavy atom. The molecule has 110 valence electrons. The molecule has 0 saturated carbocycles. The van der Waals surface area contributed by atoms with Crippen LogP contribution >= 0.6 is 0 Å². The Labute approximate surface area is 116 Å². The molecule has 2 N–H and O–H groups in total.